The van der Waals surface area contributed by atoms with Gasteiger partial charge in [-0.05, 0) is 62.6 Å². The number of aromatic nitrogens is 1. The third kappa shape index (κ3) is 7.77. The van der Waals surface area contributed by atoms with Gasteiger partial charge < -0.3 is 20.5 Å². The van der Waals surface area contributed by atoms with Crippen molar-refractivity contribution >= 4 is 40.7 Å². The highest BCUT2D eigenvalue weighted by Crippen LogP contribution is 2.35. The first kappa shape index (κ1) is 32.1. The zero-order chi connectivity index (χ0) is 31.1. The first-order valence-corrected chi connectivity index (χ1v) is 15.1. The van der Waals surface area contributed by atoms with Gasteiger partial charge in [-0.15, -0.1) is 0 Å². The number of amides is 3. The van der Waals surface area contributed by atoms with Crippen molar-refractivity contribution in [2.45, 2.75) is 78.0 Å². The van der Waals surface area contributed by atoms with Crippen molar-refractivity contribution < 1.29 is 28.7 Å². The predicted octanol–water partition coefficient (Wildman–Crippen LogP) is 2.66. The zero-order valence-electron chi connectivity index (χ0n) is 25.4. The fourth-order valence-electron chi connectivity index (χ4n) is 5.37. The van der Waals surface area contributed by atoms with Crippen LogP contribution in [0.2, 0.25) is 0 Å². The number of hydrogen-bond acceptors (Lipinski definition) is 8. The Morgan fingerprint density at radius 3 is 2.58 bits per heavy atom. The number of carbonyl (C=O) groups excluding carboxylic acids is 4. The van der Waals surface area contributed by atoms with Crippen LogP contribution in [0.3, 0.4) is 0 Å². The standard InChI is InChI=1S/C32H43N5O6/c1-5-24-11-10-23-9-8-22(19-26(23)35-24)12-13-32(14-17-42-18-15-32)31(41)43-27(20(2)3)29(39)34-21(4)30(40)37-16-6-7-25(36-37)28(33)38/h8-13,19-21,25,27,36H,5-7,14-18H2,1-4H3,(H2,33,38)(H,34,39). The minimum atomic E-state index is -1.11. The van der Waals surface area contributed by atoms with Crippen LogP contribution in [-0.4, -0.2) is 71.6 Å². The van der Waals surface area contributed by atoms with Gasteiger partial charge in [0.15, 0.2) is 6.10 Å². The summed E-state index contributed by atoms with van der Waals surface area (Å²) >= 11 is 0. The number of rotatable bonds is 10. The van der Waals surface area contributed by atoms with Crippen molar-refractivity contribution in [1.82, 2.24) is 20.7 Å². The lowest BCUT2D eigenvalue weighted by molar-refractivity contribution is -0.170. The summed E-state index contributed by atoms with van der Waals surface area (Å²) in [6.45, 7) is 8.35. The lowest BCUT2D eigenvalue weighted by Gasteiger charge is -2.35. The number of ether oxygens (including phenoxy) is 2. The van der Waals surface area contributed by atoms with Gasteiger partial charge in [0.25, 0.3) is 11.8 Å². The Morgan fingerprint density at radius 1 is 1.19 bits per heavy atom. The molecule has 0 saturated carbocycles. The average molecular weight is 594 g/mol. The largest absolute Gasteiger partial charge is 0.451 e. The molecule has 0 aliphatic carbocycles. The number of hydrogen-bond donors (Lipinski definition) is 3. The molecule has 2 aliphatic heterocycles. The maximum atomic E-state index is 13.8. The van der Waals surface area contributed by atoms with E-state index in [0.29, 0.717) is 45.4 Å². The maximum Gasteiger partial charge on any atom is 0.316 e. The number of hydrazine groups is 1. The molecule has 4 N–H and O–H groups in total. The van der Waals surface area contributed by atoms with Crippen LogP contribution < -0.4 is 16.5 Å². The molecular weight excluding hydrogens is 550 g/mol. The highest BCUT2D eigenvalue weighted by atomic mass is 16.6. The van der Waals surface area contributed by atoms with Crippen LogP contribution in [0.1, 0.15) is 64.6 Å². The first-order chi connectivity index (χ1) is 20.5. The van der Waals surface area contributed by atoms with E-state index < -0.39 is 47.3 Å². The molecule has 11 heteroatoms. The molecule has 0 spiro atoms. The molecule has 1 aromatic heterocycles. The second kappa shape index (κ2) is 14.1. The molecule has 2 fully saturated rings. The molecule has 3 atom stereocenters. The second-order valence-electron chi connectivity index (χ2n) is 11.7. The SMILES string of the molecule is CCc1ccc2ccc(C=CC3(C(=O)OC(C(=O)NC(C)C(=O)N4CCCC(C(N)=O)N4)C(C)C)CCOCC3)cc2n1. The van der Waals surface area contributed by atoms with E-state index >= 15 is 0 Å². The first-order valence-electron chi connectivity index (χ1n) is 15.1. The van der Waals surface area contributed by atoms with E-state index in [-0.39, 0.29) is 5.92 Å². The van der Waals surface area contributed by atoms with E-state index in [2.05, 4.69) is 23.7 Å². The lowest BCUT2D eigenvalue weighted by Crippen LogP contribution is -2.60. The van der Waals surface area contributed by atoms with Gasteiger partial charge >= 0.3 is 5.97 Å². The van der Waals surface area contributed by atoms with Crippen molar-refractivity contribution in [3.05, 3.63) is 47.7 Å². The molecule has 43 heavy (non-hydrogen) atoms. The normalized spacial score (nSPS) is 20.1. The van der Waals surface area contributed by atoms with Crippen molar-refractivity contribution in [3.8, 4) is 0 Å². The summed E-state index contributed by atoms with van der Waals surface area (Å²) in [5.41, 5.74) is 10.1. The van der Waals surface area contributed by atoms with E-state index in [0.717, 1.165) is 28.6 Å². The molecule has 3 amide bonds. The molecule has 232 valence electrons. The number of benzene rings is 1. The number of fused-ring (bicyclic) bond motifs is 1. The third-order valence-corrected chi connectivity index (χ3v) is 8.15. The Morgan fingerprint density at radius 2 is 1.91 bits per heavy atom. The summed E-state index contributed by atoms with van der Waals surface area (Å²) in [5.74, 6) is -2.37. The van der Waals surface area contributed by atoms with Crippen LogP contribution in [0.25, 0.3) is 17.0 Å². The molecule has 0 radical (unpaired) electrons. The topological polar surface area (TPSA) is 153 Å². The maximum absolute atomic E-state index is 13.8. The summed E-state index contributed by atoms with van der Waals surface area (Å²) in [7, 11) is 0. The van der Waals surface area contributed by atoms with E-state index in [4.69, 9.17) is 20.2 Å². The third-order valence-electron chi connectivity index (χ3n) is 8.15. The molecule has 3 unspecified atom stereocenters. The Kier molecular flexibility index (Phi) is 10.5. The Labute approximate surface area is 252 Å². The fourth-order valence-corrected chi connectivity index (χ4v) is 5.37. The van der Waals surface area contributed by atoms with Crippen LogP contribution in [-0.2, 0) is 35.1 Å². The number of primary amides is 1. The number of esters is 1. The van der Waals surface area contributed by atoms with Gasteiger partial charge in [0.05, 0.1) is 10.9 Å². The summed E-state index contributed by atoms with van der Waals surface area (Å²) in [4.78, 5) is 56.4. The van der Waals surface area contributed by atoms with Crippen molar-refractivity contribution in [1.29, 1.82) is 0 Å². The quantitative estimate of drug-likeness (QED) is 0.356. The Bertz CT molecular complexity index is 1370. The highest BCUT2D eigenvalue weighted by molar-refractivity contribution is 5.91. The molecular formula is C32H43N5O6. The van der Waals surface area contributed by atoms with Crippen LogP contribution in [0, 0.1) is 11.3 Å². The van der Waals surface area contributed by atoms with E-state index in [1.165, 1.54) is 5.01 Å². The summed E-state index contributed by atoms with van der Waals surface area (Å²) in [6.07, 6.45) is 5.46. The van der Waals surface area contributed by atoms with Crippen molar-refractivity contribution in [3.63, 3.8) is 0 Å². The zero-order valence-corrected chi connectivity index (χ0v) is 25.4. The van der Waals surface area contributed by atoms with Gasteiger partial charge in [0, 0.05) is 30.8 Å². The number of nitrogens with zero attached hydrogens (tertiary/aromatic N) is 2. The van der Waals surface area contributed by atoms with Gasteiger partial charge in [-0.25, -0.2) is 5.43 Å². The van der Waals surface area contributed by atoms with Crippen LogP contribution in [0.15, 0.2) is 36.4 Å². The smallest absolute Gasteiger partial charge is 0.316 e. The van der Waals surface area contributed by atoms with Crippen LogP contribution in [0.5, 0.6) is 0 Å². The van der Waals surface area contributed by atoms with Gasteiger partial charge in [0.2, 0.25) is 5.91 Å². The molecule has 2 saturated heterocycles. The summed E-state index contributed by atoms with van der Waals surface area (Å²) < 4.78 is 11.5. The molecule has 2 aliphatic rings. The fraction of sp³-hybridized carbons (Fsp3) is 0.531. The minimum Gasteiger partial charge on any atom is -0.451 e. The van der Waals surface area contributed by atoms with Gasteiger partial charge in [-0.3, -0.25) is 29.2 Å². The Balaban J connectivity index is 1.47. The van der Waals surface area contributed by atoms with E-state index in [9.17, 15) is 19.2 Å². The van der Waals surface area contributed by atoms with E-state index in [1.807, 2.05) is 36.4 Å². The van der Waals surface area contributed by atoms with Crippen LogP contribution in [0.4, 0.5) is 0 Å². The number of nitrogens with two attached hydrogens (primary N) is 1. The number of pyridine rings is 1. The molecule has 4 rings (SSSR count). The molecule has 1 aromatic carbocycles. The average Bonchev–Trinajstić information content (AvgIpc) is 3.01. The minimum absolute atomic E-state index is 0.348. The molecule has 0 bridgehead atoms. The Hall–Kier alpha value is -3.83. The highest BCUT2D eigenvalue weighted by Gasteiger charge is 2.42. The summed E-state index contributed by atoms with van der Waals surface area (Å²) in [6, 6.07) is 8.49. The monoisotopic (exact) mass is 593 g/mol. The molecule has 11 nitrogen and oxygen atoms in total. The van der Waals surface area contributed by atoms with Gasteiger partial charge in [0.1, 0.15) is 12.1 Å². The van der Waals surface area contributed by atoms with Gasteiger partial charge in [-0.1, -0.05) is 51.1 Å². The lowest BCUT2D eigenvalue weighted by atomic mass is 9.79. The molecule has 2 aromatic rings. The number of aryl methyl sites for hydroxylation is 1. The van der Waals surface area contributed by atoms with Crippen LogP contribution >= 0.6 is 0 Å². The second-order valence-corrected chi connectivity index (χ2v) is 11.7. The molecule has 3 heterocycles. The number of nitrogens with one attached hydrogen (secondary N) is 2. The van der Waals surface area contributed by atoms with Crippen molar-refractivity contribution in [2.24, 2.45) is 17.1 Å². The van der Waals surface area contributed by atoms with Gasteiger partial charge in [-0.2, -0.15) is 0 Å². The van der Waals surface area contributed by atoms with E-state index in [1.54, 1.807) is 20.8 Å². The predicted molar refractivity (Wildman–Crippen MR) is 162 cm³/mol. The number of carbonyl (C=O) groups is 4. The summed E-state index contributed by atoms with van der Waals surface area (Å²) in [5, 5.41) is 5.05. The van der Waals surface area contributed by atoms with Crippen molar-refractivity contribution in [2.75, 3.05) is 19.8 Å².